The second kappa shape index (κ2) is 11.2. The number of hydrogen-bond acceptors (Lipinski definition) is 6. The lowest BCUT2D eigenvalue weighted by atomic mass is 10.2. The summed E-state index contributed by atoms with van der Waals surface area (Å²) in [7, 11) is 0. The molecule has 1 atom stereocenters. The number of rotatable bonds is 11. The topological polar surface area (TPSA) is 72.2 Å². The van der Waals surface area contributed by atoms with E-state index in [-0.39, 0.29) is 6.29 Å². The lowest BCUT2D eigenvalue weighted by molar-refractivity contribution is -0.169. The zero-order valence-electron chi connectivity index (χ0n) is 13.6. The quantitative estimate of drug-likeness (QED) is 0.497. The molecular formula is C17H27NO5. The van der Waals surface area contributed by atoms with Crippen LogP contribution in [-0.4, -0.2) is 52.5 Å². The van der Waals surface area contributed by atoms with E-state index in [9.17, 15) is 0 Å². The Morgan fingerprint density at radius 3 is 2.43 bits per heavy atom. The molecule has 1 aromatic rings. The Morgan fingerprint density at radius 1 is 0.957 bits per heavy atom. The summed E-state index contributed by atoms with van der Waals surface area (Å²) in [5.41, 5.74) is 6.41. The number of benzene rings is 1. The summed E-state index contributed by atoms with van der Waals surface area (Å²) in [5, 5.41) is 0. The van der Waals surface area contributed by atoms with Crippen LogP contribution in [0.15, 0.2) is 24.3 Å². The van der Waals surface area contributed by atoms with Crippen molar-refractivity contribution in [3.05, 3.63) is 24.3 Å². The Balaban J connectivity index is 1.36. The molecular weight excluding hydrogens is 298 g/mol. The molecule has 130 valence electrons. The van der Waals surface area contributed by atoms with Gasteiger partial charge in [-0.2, -0.15) is 0 Å². The molecule has 2 rings (SSSR count). The summed E-state index contributed by atoms with van der Waals surface area (Å²) in [4.78, 5) is 0. The minimum absolute atomic E-state index is 0.0498. The summed E-state index contributed by atoms with van der Waals surface area (Å²) < 4.78 is 27.4. The Kier molecular flexibility index (Phi) is 8.80. The number of para-hydroxylation sites is 2. The van der Waals surface area contributed by atoms with Gasteiger partial charge in [0, 0.05) is 6.61 Å². The van der Waals surface area contributed by atoms with E-state index in [4.69, 9.17) is 29.4 Å². The SMILES string of the molecule is Nc1ccccc1OCCOCCOCCOC1CCCCO1. The van der Waals surface area contributed by atoms with Crippen molar-refractivity contribution in [1.82, 2.24) is 0 Å². The Bertz CT molecular complexity index is 423. The molecule has 0 saturated carbocycles. The van der Waals surface area contributed by atoms with Crippen LogP contribution < -0.4 is 10.5 Å². The van der Waals surface area contributed by atoms with Gasteiger partial charge in [0.1, 0.15) is 12.4 Å². The standard InChI is InChI=1S/C17H27NO5/c18-15-5-1-2-6-16(15)21-13-11-19-9-10-20-12-14-23-17-7-3-4-8-22-17/h1-2,5-6,17H,3-4,7-14,18H2. The van der Waals surface area contributed by atoms with Crippen LogP contribution in [0.2, 0.25) is 0 Å². The van der Waals surface area contributed by atoms with Crippen LogP contribution in [0.4, 0.5) is 5.69 Å². The molecule has 2 N–H and O–H groups in total. The molecule has 1 aromatic carbocycles. The van der Waals surface area contributed by atoms with Crippen LogP contribution in [0.3, 0.4) is 0 Å². The van der Waals surface area contributed by atoms with E-state index in [0.717, 1.165) is 19.4 Å². The summed E-state index contributed by atoms with van der Waals surface area (Å²) in [6, 6.07) is 7.42. The highest BCUT2D eigenvalue weighted by molar-refractivity contribution is 5.51. The first-order chi connectivity index (χ1) is 11.4. The highest BCUT2D eigenvalue weighted by Crippen LogP contribution is 2.19. The molecule has 1 saturated heterocycles. The zero-order chi connectivity index (χ0) is 16.2. The van der Waals surface area contributed by atoms with Gasteiger partial charge in [0.25, 0.3) is 0 Å². The molecule has 0 aromatic heterocycles. The fourth-order valence-electron chi connectivity index (χ4n) is 2.23. The maximum absolute atomic E-state index is 5.78. The average Bonchev–Trinajstić information content (AvgIpc) is 2.59. The van der Waals surface area contributed by atoms with Crippen molar-refractivity contribution in [1.29, 1.82) is 0 Å². The average molecular weight is 325 g/mol. The predicted octanol–water partition coefficient (Wildman–Crippen LogP) is 2.22. The van der Waals surface area contributed by atoms with E-state index in [1.54, 1.807) is 0 Å². The second-order valence-electron chi connectivity index (χ2n) is 5.28. The molecule has 0 aliphatic carbocycles. The Hall–Kier alpha value is -1.34. The summed E-state index contributed by atoms with van der Waals surface area (Å²) >= 11 is 0. The van der Waals surface area contributed by atoms with Gasteiger partial charge in [0.2, 0.25) is 0 Å². The molecule has 0 spiro atoms. The Morgan fingerprint density at radius 2 is 1.70 bits per heavy atom. The van der Waals surface area contributed by atoms with Gasteiger partial charge in [0.05, 0.1) is 38.7 Å². The van der Waals surface area contributed by atoms with Gasteiger partial charge in [-0.25, -0.2) is 0 Å². The zero-order valence-corrected chi connectivity index (χ0v) is 13.6. The van der Waals surface area contributed by atoms with Crippen LogP contribution in [-0.2, 0) is 18.9 Å². The normalized spacial score (nSPS) is 18.0. The first-order valence-corrected chi connectivity index (χ1v) is 8.22. The van der Waals surface area contributed by atoms with Gasteiger partial charge in [-0.15, -0.1) is 0 Å². The number of nitrogen functional groups attached to an aromatic ring is 1. The van der Waals surface area contributed by atoms with Gasteiger partial charge >= 0.3 is 0 Å². The monoisotopic (exact) mass is 325 g/mol. The molecule has 23 heavy (non-hydrogen) atoms. The molecule has 1 aliphatic heterocycles. The maximum atomic E-state index is 5.78. The van der Waals surface area contributed by atoms with E-state index in [0.29, 0.717) is 51.1 Å². The first kappa shape index (κ1) is 18.0. The van der Waals surface area contributed by atoms with Crippen LogP contribution in [0, 0.1) is 0 Å². The van der Waals surface area contributed by atoms with E-state index in [2.05, 4.69) is 0 Å². The third kappa shape index (κ3) is 7.65. The first-order valence-electron chi connectivity index (χ1n) is 8.22. The van der Waals surface area contributed by atoms with Crippen molar-refractivity contribution in [2.24, 2.45) is 0 Å². The molecule has 1 heterocycles. The molecule has 1 aliphatic rings. The third-order valence-electron chi connectivity index (χ3n) is 3.45. The van der Waals surface area contributed by atoms with Crippen LogP contribution in [0.1, 0.15) is 19.3 Å². The highest BCUT2D eigenvalue weighted by atomic mass is 16.7. The van der Waals surface area contributed by atoms with E-state index >= 15 is 0 Å². The van der Waals surface area contributed by atoms with Crippen molar-refractivity contribution in [2.75, 3.05) is 52.0 Å². The fourth-order valence-corrected chi connectivity index (χ4v) is 2.23. The minimum Gasteiger partial charge on any atom is -0.489 e. The molecule has 1 fully saturated rings. The van der Waals surface area contributed by atoms with Crippen molar-refractivity contribution >= 4 is 5.69 Å². The van der Waals surface area contributed by atoms with Crippen LogP contribution in [0.25, 0.3) is 0 Å². The number of hydrogen-bond donors (Lipinski definition) is 1. The van der Waals surface area contributed by atoms with Crippen LogP contribution in [0.5, 0.6) is 5.75 Å². The molecule has 6 heteroatoms. The van der Waals surface area contributed by atoms with Gasteiger partial charge in [-0.3, -0.25) is 0 Å². The second-order valence-corrected chi connectivity index (χ2v) is 5.28. The number of nitrogens with two attached hydrogens (primary N) is 1. The predicted molar refractivity (Wildman–Crippen MR) is 87.5 cm³/mol. The van der Waals surface area contributed by atoms with Gasteiger partial charge in [0.15, 0.2) is 6.29 Å². The molecule has 0 bridgehead atoms. The van der Waals surface area contributed by atoms with Gasteiger partial charge in [-0.1, -0.05) is 12.1 Å². The van der Waals surface area contributed by atoms with E-state index in [1.807, 2.05) is 24.3 Å². The maximum Gasteiger partial charge on any atom is 0.157 e. The van der Waals surface area contributed by atoms with Crippen LogP contribution >= 0.6 is 0 Å². The van der Waals surface area contributed by atoms with E-state index < -0.39 is 0 Å². The molecule has 6 nitrogen and oxygen atoms in total. The van der Waals surface area contributed by atoms with Gasteiger partial charge < -0.3 is 29.4 Å². The van der Waals surface area contributed by atoms with E-state index in [1.165, 1.54) is 6.42 Å². The van der Waals surface area contributed by atoms with Crippen molar-refractivity contribution < 1.29 is 23.7 Å². The fraction of sp³-hybridized carbons (Fsp3) is 0.647. The summed E-state index contributed by atoms with van der Waals surface area (Å²) in [6.45, 7) is 3.97. The van der Waals surface area contributed by atoms with Gasteiger partial charge in [-0.05, 0) is 31.4 Å². The number of anilines is 1. The van der Waals surface area contributed by atoms with Crippen molar-refractivity contribution in [3.8, 4) is 5.75 Å². The molecule has 0 amide bonds. The summed E-state index contributed by atoms with van der Waals surface area (Å²) in [5.74, 6) is 0.689. The minimum atomic E-state index is -0.0498. The largest absolute Gasteiger partial charge is 0.489 e. The molecule has 1 unspecified atom stereocenters. The highest BCUT2D eigenvalue weighted by Gasteiger charge is 2.13. The third-order valence-corrected chi connectivity index (χ3v) is 3.45. The lowest BCUT2D eigenvalue weighted by Crippen LogP contribution is -2.24. The lowest BCUT2D eigenvalue weighted by Gasteiger charge is -2.22. The molecule has 0 radical (unpaired) electrons. The Labute approximate surface area is 137 Å². The smallest absolute Gasteiger partial charge is 0.157 e. The number of ether oxygens (including phenoxy) is 5. The van der Waals surface area contributed by atoms with Crippen molar-refractivity contribution in [2.45, 2.75) is 25.6 Å². The van der Waals surface area contributed by atoms with Crippen molar-refractivity contribution in [3.63, 3.8) is 0 Å². The summed E-state index contributed by atoms with van der Waals surface area (Å²) in [6.07, 6.45) is 3.24.